The molecule has 1 amide bonds. The van der Waals surface area contributed by atoms with Crippen LogP contribution in [-0.2, 0) is 11.3 Å². The predicted molar refractivity (Wildman–Crippen MR) is 85.8 cm³/mol. The topological polar surface area (TPSA) is 44.4 Å². The molecule has 1 aromatic carbocycles. The minimum absolute atomic E-state index is 0.130. The largest absolute Gasteiger partial charge is 0.334 e. The van der Waals surface area contributed by atoms with Crippen molar-refractivity contribution in [2.24, 2.45) is 5.92 Å². The SMILES string of the molecule is O=C(C1NNC2CCCCC21)N(Cc1cccc(F)c1)C1CC1. The number of hydrazine groups is 1. The van der Waals surface area contributed by atoms with Crippen molar-refractivity contribution in [3.05, 3.63) is 35.6 Å². The molecule has 3 unspecified atom stereocenters. The molecule has 2 saturated carbocycles. The van der Waals surface area contributed by atoms with Crippen LogP contribution < -0.4 is 10.9 Å². The molecule has 0 radical (unpaired) electrons. The first-order chi connectivity index (χ1) is 11.2. The van der Waals surface area contributed by atoms with Crippen molar-refractivity contribution in [3.8, 4) is 0 Å². The van der Waals surface area contributed by atoms with Gasteiger partial charge in [0, 0.05) is 24.5 Å². The number of rotatable bonds is 4. The summed E-state index contributed by atoms with van der Waals surface area (Å²) >= 11 is 0. The van der Waals surface area contributed by atoms with Crippen LogP contribution in [0.2, 0.25) is 0 Å². The summed E-state index contributed by atoms with van der Waals surface area (Å²) in [7, 11) is 0. The molecule has 1 aliphatic heterocycles. The maximum atomic E-state index is 13.4. The third-order valence-electron chi connectivity index (χ3n) is 5.45. The number of amides is 1. The number of benzene rings is 1. The van der Waals surface area contributed by atoms with E-state index in [1.807, 2.05) is 11.0 Å². The molecule has 1 heterocycles. The highest BCUT2D eigenvalue weighted by Crippen LogP contribution is 2.34. The number of nitrogens with zero attached hydrogens (tertiary/aromatic N) is 1. The Balaban J connectivity index is 1.50. The lowest BCUT2D eigenvalue weighted by molar-refractivity contribution is -0.135. The molecule has 4 nitrogen and oxygen atoms in total. The molecule has 5 heteroatoms. The Kier molecular flexibility index (Phi) is 4.07. The third-order valence-corrected chi connectivity index (χ3v) is 5.45. The Morgan fingerprint density at radius 2 is 2.00 bits per heavy atom. The van der Waals surface area contributed by atoms with E-state index in [1.165, 1.54) is 25.0 Å². The third kappa shape index (κ3) is 3.12. The van der Waals surface area contributed by atoms with Gasteiger partial charge in [0.1, 0.15) is 11.9 Å². The van der Waals surface area contributed by atoms with Crippen molar-refractivity contribution < 1.29 is 9.18 Å². The van der Waals surface area contributed by atoms with E-state index in [0.717, 1.165) is 31.2 Å². The summed E-state index contributed by atoms with van der Waals surface area (Å²) in [5.41, 5.74) is 7.43. The molecular formula is C18H24FN3O. The average molecular weight is 317 g/mol. The maximum absolute atomic E-state index is 13.4. The molecule has 4 rings (SSSR count). The lowest BCUT2D eigenvalue weighted by Gasteiger charge is -2.31. The molecule has 23 heavy (non-hydrogen) atoms. The Labute approximate surface area is 136 Å². The summed E-state index contributed by atoms with van der Waals surface area (Å²) in [5, 5.41) is 0. The van der Waals surface area contributed by atoms with Crippen LogP contribution >= 0.6 is 0 Å². The first-order valence-corrected chi connectivity index (χ1v) is 8.78. The fraction of sp³-hybridized carbons (Fsp3) is 0.611. The number of hydrogen-bond acceptors (Lipinski definition) is 3. The van der Waals surface area contributed by atoms with Crippen LogP contribution in [0.25, 0.3) is 0 Å². The molecular weight excluding hydrogens is 293 g/mol. The molecule has 0 bridgehead atoms. The lowest BCUT2D eigenvalue weighted by atomic mass is 9.81. The van der Waals surface area contributed by atoms with Crippen LogP contribution in [0.4, 0.5) is 4.39 Å². The summed E-state index contributed by atoms with van der Waals surface area (Å²) < 4.78 is 13.4. The van der Waals surface area contributed by atoms with Gasteiger partial charge < -0.3 is 4.90 Å². The van der Waals surface area contributed by atoms with Gasteiger partial charge in [0.05, 0.1) is 0 Å². The van der Waals surface area contributed by atoms with Crippen molar-refractivity contribution in [3.63, 3.8) is 0 Å². The van der Waals surface area contributed by atoms with Crippen LogP contribution in [0.3, 0.4) is 0 Å². The van der Waals surface area contributed by atoms with Gasteiger partial charge in [-0.15, -0.1) is 0 Å². The van der Waals surface area contributed by atoms with Gasteiger partial charge in [0.25, 0.3) is 0 Å². The van der Waals surface area contributed by atoms with Gasteiger partial charge >= 0.3 is 0 Å². The average Bonchev–Trinajstić information content (AvgIpc) is 3.31. The van der Waals surface area contributed by atoms with Gasteiger partial charge in [0.2, 0.25) is 5.91 Å². The molecule has 0 aromatic heterocycles. The van der Waals surface area contributed by atoms with Crippen LogP contribution in [0.15, 0.2) is 24.3 Å². The minimum Gasteiger partial charge on any atom is -0.334 e. The highest BCUT2D eigenvalue weighted by Gasteiger charge is 2.45. The van der Waals surface area contributed by atoms with Crippen molar-refractivity contribution >= 4 is 5.91 Å². The van der Waals surface area contributed by atoms with Crippen molar-refractivity contribution in [1.29, 1.82) is 0 Å². The van der Waals surface area contributed by atoms with Gasteiger partial charge in [-0.3, -0.25) is 10.2 Å². The van der Waals surface area contributed by atoms with E-state index in [4.69, 9.17) is 0 Å². The lowest BCUT2D eigenvalue weighted by Crippen LogP contribution is -2.48. The molecule has 2 aliphatic carbocycles. The number of hydrogen-bond donors (Lipinski definition) is 2. The van der Waals surface area contributed by atoms with Crippen molar-refractivity contribution in [1.82, 2.24) is 15.8 Å². The molecule has 2 N–H and O–H groups in total. The minimum atomic E-state index is -0.237. The normalized spacial score (nSPS) is 30.0. The smallest absolute Gasteiger partial charge is 0.241 e. The molecule has 1 aromatic rings. The highest BCUT2D eigenvalue weighted by molar-refractivity contribution is 5.83. The van der Waals surface area contributed by atoms with Gasteiger partial charge in [-0.1, -0.05) is 25.0 Å². The summed E-state index contributed by atoms with van der Waals surface area (Å²) in [6.07, 6.45) is 6.84. The second-order valence-corrected chi connectivity index (χ2v) is 7.15. The van der Waals surface area contributed by atoms with E-state index in [0.29, 0.717) is 24.5 Å². The van der Waals surface area contributed by atoms with Gasteiger partial charge in [-0.25, -0.2) is 9.82 Å². The first kappa shape index (κ1) is 15.1. The van der Waals surface area contributed by atoms with Crippen LogP contribution in [-0.4, -0.2) is 28.9 Å². The molecule has 3 fully saturated rings. The number of halogens is 1. The van der Waals surface area contributed by atoms with Crippen LogP contribution in [0.5, 0.6) is 0 Å². The molecule has 124 valence electrons. The zero-order valence-corrected chi connectivity index (χ0v) is 13.3. The van der Waals surface area contributed by atoms with Gasteiger partial charge in [0.15, 0.2) is 0 Å². The van der Waals surface area contributed by atoms with E-state index in [9.17, 15) is 9.18 Å². The zero-order valence-electron chi connectivity index (χ0n) is 13.3. The summed E-state index contributed by atoms with van der Waals surface area (Å²) in [4.78, 5) is 15.1. The van der Waals surface area contributed by atoms with Crippen molar-refractivity contribution in [2.45, 2.75) is 63.2 Å². The zero-order chi connectivity index (χ0) is 15.8. The second kappa shape index (κ2) is 6.21. The monoisotopic (exact) mass is 317 g/mol. The Morgan fingerprint density at radius 1 is 1.17 bits per heavy atom. The molecule has 3 aliphatic rings. The standard InChI is InChI=1S/C18H24FN3O/c19-13-5-3-4-12(10-13)11-22(14-8-9-14)18(23)17-15-6-1-2-7-16(15)20-21-17/h3-5,10,14-17,20-21H,1-2,6-9,11H2. The van der Waals surface area contributed by atoms with Crippen LogP contribution in [0.1, 0.15) is 44.1 Å². The van der Waals surface area contributed by atoms with Crippen molar-refractivity contribution in [2.75, 3.05) is 0 Å². The van der Waals surface area contributed by atoms with Crippen LogP contribution in [0, 0.1) is 11.7 Å². The fourth-order valence-corrected chi connectivity index (χ4v) is 4.07. The Hall–Kier alpha value is -1.46. The summed E-state index contributed by atoms with van der Waals surface area (Å²) in [5.74, 6) is 0.336. The predicted octanol–water partition coefficient (Wildman–Crippen LogP) is 2.35. The quantitative estimate of drug-likeness (QED) is 0.896. The summed E-state index contributed by atoms with van der Waals surface area (Å²) in [6.45, 7) is 0.511. The van der Waals surface area contributed by atoms with Gasteiger partial charge in [-0.05, 0) is 43.4 Å². The number of nitrogens with one attached hydrogen (secondary N) is 2. The van der Waals surface area contributed by atoms with E-state index >= 15 is 0 Å². The van der Waals surface area contributed by atoms with Gasteiger partial charge in [-0.2, -0.15) is 0 Å². The number of carbonyl (C=O) groups excluding carboxylic acids is 1. The van der Waals surface area contributed by atoms with E-state index in [-0.39, 0.29) is 17.8 Å². The number of carbonyl (C=O) groups is 1. The Bertz CT molecular complexity index is 589. The van der Waals surface area contributed by atoms with E-state index in [2.05, 4.69) is 10.9 Å². The molecule has 3 atom stereocenters. The van der Waals surface area contributed by atoms with E-state index in [1.54, 1.807) is 6.07 Å². The summed E-state index contributed by atoms with van der Waals surface area (Å²) in [6, 6.07) is 7.22. The molecule has 1 saturated heterocycles. The maximum Gasteiger partial charge on any atom is 0.241 e. The highest BCUT2D eigenvalue weighted by atomic mass is 19.1. The Morgan fingerprint density at radius 3 is 2.78 bits per heavy atom. The fourth-order valence-electron chi connectivity index (χ4n) is 4.07. The van der Waals surface area contributed by atoms with E-state index < -0.39 is 0 Å². The first-order valence-electron chi connectivity index (χ1n) is 8.78. The molecule has 0 spiro atoms. The number of fused-ring (bicyclic) bond motifs is 1. The second-order valence-electron chi connectivity index (χ2n) is 7.15.